The van der Waals surface area contributed by atoms with Crippen molar-refractivity contribution in [2.75, 3.05) is 17.3 Å². The monoisotopic (exact) mass is 212 g/mol. The van der Waals surface area contributed by atoms with Gasteiger partial charge >= 0.3 is 0 Å². The van der Waals surface area contributed by atoms with Gasteiger partial charge < -0.3 is 10.2 Å². The van der Waals surface area contributed by atoms with Gasteiger partial charge in [-0.2, -0.15) is 0 Å². The molecule has 0 aromatic heterocycles. The minimum atomic E-state index is -0.929. The zero-order valence-electron chi connectivity index (χ0n) is 8.34. The molecule has 1 unspecified atom stereocenters. The zero-order valence-corrected chi connectivity index (χ0v) is 8.34. The number of hydrogen-bond acceptors (Lipinski definition) is 2. The van der Waals surface area contributed by atoms with Gasteiger partial charge in [-0.1, -0.05) is 0 Å². The summed E-state index contributed by atoms with van der Waals surface area (Å²) in [6.45, 7) is 1.63. The summed E-state index contributed by atoms with van der Waals surface area (Å²) in [5.74, 6) is -2.07. The lowest BCUT2D eigenvalue weighted by Crippen LogP contribution is -2.44. The molecule has 1 aromatic carbocycles. The minimum absolute atomic E-state index is 0.0992. The summed E-state index contributed by atoms with van der Waals surface area (Å²) in [5, 5.41) is 2.52. The highest BCUT2D eigenvalue weighted by Crippen LogP contribution is 2.34. The van der Waals surface area contributed by atoms with Gasteiger partial charge in [-0.3, -0.25) is 4.79 Å². The fourth-order valence-corrected chi connectivity index (χ4v) is 1.59. The normalized spacial score (nSPS) is 19.9. The van der Waals surface area contributed by atoms with Crippen molar-refractivity contribution in [3.63, 3.8) is 0 Å². The average Bonchev–Trinajstić information content (AvgIpc) is 2.20. The Morgan fingerprint density at radius 1 is 1.40 bits per heavy atom. The van der Waals surface area contributed by atoms with Gasteiger partial charge in [-0.05, 0) is 19.1 Å². The van der Waals surface area contributed by atoms with Gasteiger partial charge in [-0.15, -0.1) is 0 Å². The minimum Gasteiger partial charge on any atom is -0.359 e. The highest BCUT2D eigenvalue weighted by Gasteiger charge is 2.30. The Balaban J connectivity index is 2.61. The van der Waals surface area contributed by atoms with E-state index in [0.29, 0.717) is 5.69 Å². The predicted octanol–water partition coefficient (Wildman–Crippen LogP) is 1.74. The lowest BCUT2D eigenvalue weighted by molar-refractivity contribution is -0.117. The summed E-state index contributed by atoms with van der Waals surface area (Å²) < 4.78 is 26.5. The first kappa shape index (κ1) is 9.89. The number of nitrogens with one attached hydrogen (secondary N) is 1. The first-order valence-corrected chi connectivity index (χ1v) is 4.54. The fourth-order valence-electron chi connectivity index (χ4n) is 1.59. The quantitative estimate of drug-likeness (QED) is 0.710. The number of rotatable bonds is 0. The van der Waals surface area contributed by atoms with Crippen LogP contribution < -0.4 is 10.2 Å². The number of anilines is 2. The molecule has 1 aliphatic rings. The number of hydrogen-bond donors (Lipinski definition) is 1. The van der Waals surface area contributed by atoms with Crippen molar-refractivity contribution in [1.29, 1.82) is 0 Å². The van der Waals surface area contributed by atoms with E-state index in [0.717, 1.165) is 6.07 Å². The first-order chi connectivity index (χ1) is 7.02. The molecule has 1 amide bonds. The van der Waals surface area contributed by atoms with Gasteiger partial charge in [0, 0.05) is 7.05 Å². The smallest absolute Gasteiger partial charge is 0.246 e. The SMILES string of the molecule is CC1C(=O)Nc2ccc(F)c(F)c2N1C. The van der Waals surface area contributed by atoms with Crippen LogP contribution in [-0.4, -0.2) is 19.0 Å². The summed E-state index contributed by atoms with van der Waals surface area (Å²) in [6.07, 6.45) is 0. The van der Waals surface area contributed by atoms with Crippen LogP contribution in [0.2, 0.25) is 0 Å². The molecule has 3 nitrogen and oxygen atoms in total. The zero-order chi connectivity index (χ0) is 11.2. The second-order valence-corrected chi connectivity index (χ2v) is 3.53. The second kappa shape index (κ2) is 3.18. The van der Waals surface area contributed by atoms with Crippen LogP contribution in [0.15, 0.2) is 12.1 Å². The van der Waals surface area contributed by atoms with Crippen LogP contribution in [0, 0.1) is 11.6 Å². The third-order valence-corrected chi connectivity index (χ3v) is 2.64. The maximum Gasteiger partial charge on any atom is 0.246 e. The van der Waals surface area contributed by atoms with E-state index in [1.54, 1.807) is 14.0 Å². The molecule has 1 aromatic rings. The largest absolute Gasteiger partial charge is 0.359 e. The van der Waals surface area contributed by atoms with Crippen molar-refractivity contribution < 1.29 is 13.6 Å². The van der Waals surface area contributed by atoms with Crippen molar-refractivity contribution in [2.24, 2.45) is 0 Å². The van der Waals surface area contributed by atoms with E-state index < -0.39 is 17.7 Å². The van der Waals surface area contributed by atoms with Crippen LogP contribution in [0.25, 0.3) is 0 Å². The molecule has 0 spiro atoms. The molecule has 0 radical (unpaired) electrons. The van der Waals surface area contributed by atoms with Crippen molar-refractivity contribution >= 4 is 17.3 Å². The number of nitrogens with zero attached hydrogens (tertiary/aromatic N) is 1. The summed E-state index contributed by atoms with van der Waals surface area (Å²) in [4.78, 5) is 12.8. The van der Waals surface area contributed by atoms with Crippen molar-refractivity contribution in [2.45, 2.75) is 13.0 Å². The van der Waals surface area contributed by atoms with Crippen LogP contribution in [0.1, 0.15) is 6.92 Å². The maximum atomic E-state index is 13.5. The van der Waals surface area contributed by atoms with Gasteiger partial charge in [0.15, 0.2) is 11.6 Å². The molecule has 1 N–H and O–H groups in total. The number of fused-ring (bicyclic) bond motifs is 1. The second-order valence-electron chi connectivity index (χ2n) is 3.53. The molecular formula is C10H10F2N2O. The number of benzene rings is 1. The molecular weight excluding hydrogens is 202 g/mol. The van der Waals surface area contributed by atoms with Crippen molar-refractivity contribution in [3.8, 4) is 0 Å². The van der Waals surface area contributed by atoms with E-state index in [-0.39, 0.29) is 11.6 Å². The maximum absolute atomic E-state index is 13.5. The first-order valence-electron chi connectivity index (χ1n) is 4.54. The van der Waals surface area contributed by atoms with E-state index >= 15 is 0 Å². The Morgan fingerprint density at radius 2 is 2.07 bits per heavy atom. The highest BCUT2D eigenvalue weighted by molar-refractivity contribution is 6.03. The third kappa shape index (κ3) is 1.35. The number of carbonyl (C=O) groups is 1. The predicted molar refractivity (Wildman–Crippen MR) is 52.9 cm³/mol. The van der Waals surface area contributed by atoms with E-state index in [2.05, 4.69) is 5.32 Å². The topological polar surface area (TPSA) is 32.3 Å². The average molecular weight is 212 g/mol. The summed E-state index contributed by atoms with van der Waals surface area (Å²) in [5.41, 5.74) is 0.404. The molecule has 1 atom stereocenters. The van der Waals surface area contributed by atoms with E-state index in [1.807, 2.05) is 0 Å². The van der Waals surface area contributed by atoms with Gasteiger partial charge in [0.2, 0.25) is 5.91 Å². The summed E-state index contributed by atoms with van der Waals surface area (Å²) >= 11 is 0. The molecule has 1 aliphatic heterocycles. The molecule has 2 rings (SSSR count). The molecule has 0 saturated heterocycles. The van der Waals surface area contributed by atoms with Gasteiger partial charge in [0.25, 0.3) is 0 Å². The third-order valence-electron chi connectivity index (χ3n) is 2.64. The van der Waals surface area contributed by atoms with E-state index in [9.17, 15) is 13.6 Å². The van der Waals surface area contributed by atoms with Gasteiger partial charge in [0.1, 0.15) is 11.7 Å². The summed E-state index contributed by atoms with van der Waals surface area (Å²) in [7, 11) is 1.56. The lowest BCUT2D eigenvalue weighted by Gasteiger charge is -2.33. The standard InChI is InChI=1S/C10H10F2N2O/c1-5-10(15)13-7-4-3-6(11)8(12)9(7)14(5)2/h3-5H,1-2H3,(H,13,15). The molecule has 0 saturated carbocycles. The molecule has 0 fully saturated rings. The van der Waals surface area contributed by atoms with Crippen molar-refractivity contribution in [1.82, 2.24) is 0 Å². The Kier molecular flexibility index (Phi) is 2.10. The molecule has 1 heterocycles. The molecule has 80 valence electrons. The molecule has 15 heavy (non-hydrogen) atoms. The van der Waals surface area contributed by atoms with Crippen LogP contribution in [0.5, 0.6) is 0 Å². The summed E-state index contributed by atoms with van der Waals surface area (Å²) in [6, 6.07) is 1.85. The molecule has 0 bridgehead atoms. The Morgan fingerprint density at radius 3 is 2.73 bits per heavy atom. The van der Waals surface area contributed by atoms with E-state index in [4.69, 9.17) is 0 Å². The Bertz CT molecular complexity index is 434. The van der Waals surface area contributed by atoms with Gasteiger partial charge in [0.05, 0.1) is 5.69 Å². The van der Waals surface area contributed by atoms with Gasteiger partial charge in [-0.25, -0.2) is 8.78 Å². The van der Waals surface area contributed by atoms with Crippen LogP contribution in [-0.2, 0) is 4.79 Å². The molecule has 0 aliphatic carbocycles. The highest BCUT2D eigenvalue weighted by atomic mass is 19.2. The number of amides is 1. The number of halogens is 2. The Hall–Kier alpha value is -1.65. The number of likely N-dealkylation sites (N-methyl/N-ethyl adjacent to an activating group) is 1. The van der Waals surface area contributed by atoms with Crippen LogP contribution in [0.3, 0.4) is 0 Å². The Labute approximate surface area is 85.7 Å². The van der Waals surface area contributed by atoms with Crippen molar-refractivity contribution in [3.05, 3.63) is 23.8 Å². The van der Waals surface area contributed by atoms with E-state index in [1.165, 1.54) is 11.0 Å². The van der Waals surface area contributed by atoms with Crippen LogP contribution in [0.4, 0.5) is 20.2 Å². The number of carbonyl (C=O) groups excluding carboxylic acids is 1. The molecule has 5 heteroatoms. The van der Waals surface area contributed by atoms with Crippen LogP contribution >= 0.6 is 0 Å². The fraction of sp³-hybridized carbons (Fsp3) is 0.300. The lowest BCUT2D eigenvalue weighted by atomic mass is 10.1.